The van der Waals surface area contributed by atoms with Crippen molar-refractivity contribution in [3.05, 3.63) is 23.8 Å². The number of rotatable bonds is 2. The van der Waals surface area contributed by atoms with Crippen LogP contribution in [0.15, 0.2) is 23.1 Å². The van der Waals surface area contributed by atoms with Gasteiger partial charge < -0.3 is 0 Å². The molecule has 0 radical (unpaired) electrons. The van der Waals surface area contributed by atoms with Crippen LogP contribution in [-0.4, -0.2) is 28.5 Å². The highest BCUT2D eigenvalue weighted by atomic mass is 35.7. The van der Waals surface area contributed by atoms with Crippen molar-refractivity contribution in [2.24, 2.45) is 0 Å². The molecule has 0 atom stereocenters. The second-order valence-electron chi connectivity index (χ2n) is 4.11. The maximum absolute atomic E-state index is 11.7. The summed E-state index contributed by atoms with van der Waals surface area (Å²) in [5.74, 6) is -0.857. The second kappa shape index (κ2) is 4.46. The zero-order valence-corrected chi connectivity index (χ0v) is 12.2. The molecule has 104 valence electrons. The van der Waals surface area contributed by atoms with E-state index in [1.807, 2.05) is 0 Å². The van der Waals surface area contributed by atoms with Crippen LogP contribution >= 0.6 is 10.7 Å². The highest BCUT2D eigenvalue weighted by molar-refractivity contribution is 8.13. The number of aryl methyl sites for hydroxylation is 1. The minimum Gasteiger partial charge on any atom is -0.273 e. The fourth-order valence-corrected chi connectivity index (χ4v) is 4.51. The molecule has 0 spiro atoms. The molecule has 1 fully saturated rings. The van der Waals surface area contributed by atoms with E-state index in [1.165, 1.54) is 19.1 Å². The lowest BCUT2D eigenvalue weighted by molar-refractivity contribution is -0.116. The largest absolute Gasteiger partial charge is 0.273 e. The number of benzene rings is 1. The molecule has 0 aliphatic carbocycles. The minimum atomic E-state index is -4.00. The Kier molecular flexibility index (Phi) is 3.36. The Morgan fingerprint density at radius 1 is 1.32 bits per heavy atom. The molecule has 1 aliphatic rings. The number of amides is 1. The Balaban J connectivity index is 2.63. The van der Waals surface area contributed by atoms with Crippen molar-refractivity contribution >= 4 is 41.4 Å². The van der Waals surface area contributed by atoms with E-state index in [9.17, 15) is 21.6 Å². The van der Waals surface area contributed by atoms with Crippen LogP contribution in [-0.2, 0) is 23.9 Å². The lowest BCUT2D eigenvalue weighted by atomic mass is 10.2. The summed E-state index contributed by atoms with van der Waals surface area (Å²) < 4.78 is 46.9. The number of halogens is 1. The average Bonchev–Trinajstić information content (AvgIpc) is 2.53. The first kappa shape index (κ1) is 14.3. The molecule has 0 saturated carbocycles. The van der Waals surface area contributed by atoms with E-state index in [-0.39, 0.29) is 22.8 Å². The smallest absolute Gasteiger partial charge is 0.261 e. The minimum absolute atomic E-state index is 0.00711. The molecule has 1 saturated heterocycles. The van der Waals surface area contributed by atoms with Crippen molar-refractivity contribution in [3.8, 4) is 0 Å². The van der Waals surface area contributed by atoms with Gasteiger partial charge >= 0.3 is 0 Å². The monoisotopic (exact) mass is 323 g/mol. The van der Waals surface area contributed by atoms with Gasteiger partial charge in [-0.1, -0.05) is 6.07 Å². The topological polar surface area (TPSA) is 88.6 Å². The van der Waals surface area contributed by atoms with E-state index in [4.69, 9.17) is 10.7 Å². The standard InChI is InChI=1S/C10H10ClNO5S2/c1-7-2-3-8(6-9(7)19(11,16)17)12-10(13)4-5-18(12,14)15/h2-3,6H,4-5H2,1H3. The summed E-state index contributed by atoms with van der Waals surface area (Å²) in [6, 6.07) is 3.88. The van der Waals surface area contributed by atoms with Gasteiger partial charge in [-0.2, -0.15) is 0 Å². The number of hydrogen-bond acceptors (Lipinski definition) is 5. The van der Waals surface area contributed by atoms with E-state index in [0.29, 0.717) is 9.87 Å². The first-order chi connectivity index (χ1) is 8.63. The van der Waals surface area contributed by atoms with Gasteiger partial charge in [0, 0.05) is 17.1 Å². The second-order valence-corrected chi connectivity index (χ2v) is 8.58. The lowest BCUT2D eigenvalue weighted by Gasteiger charge is -2.16. The summed E-state index contributed by atoms with van der Waals surface area (Å²) in [4.78, 5) is 11.4. The first-order valence-electron chi connectivity index (χ1n) is 5.24. The molecule has 9 heteroatoms. The van der Waals surface area contributed by atoms with E-state index in [1.54, 1.807) is 0 Å². The molecule has 0 bridgehead atoms. The normalized spacial score (nSPS) is 18.8. The van der Waals surface area contributed by atoms with Crippen molar-refractivity contribution in [1.29, 1.82) is 0 Å². The SMILES string of the molecule is Cc1ccc(N2C(=O)CCS2(=O)=O)cc1S(=O)(=O)Cl. The number of carbonyl (C=O) groups is 1. The lowest BCUT2D eigenvalue weighted by Crippen LogP contribution is -2.29. The molecule has 1 aliphatic heterocycles. The van der Waals surface area contributed by atoms with Gasteiger partial charge in [0.05, 0.1) is 16.3 Å². The van der Waals surface area contributed by atoms with E-state index >= 15 is 0 Å². The van der Waals surface area contributed by atoms with E-state index < -0.39 is 25.0 Å². The third-order valence-electron chi connectivity index (χ3n) is 2.75. The van der Waals surface area contributed by atoms with Crippen LogP contribution in [0.5, 0.6) is 0 Å². The predicted octanol–water partition coefficient (Wildman–Crippen LogP) is 0.989. The molecule has 1 amide bonds. The first-order valence-corrected chi connectivity index (χ1v) is 9.16. The van der Waals surface area contributed by atoms with E-state index in [0.717, 1.165) is 6.07 Å². The van der Waals surface area contributed by atoms with Gasteiger partial charge in [-0.25, -0.2) is 21.1 Å². The fourth-order valence-electron chi connectivity index (χ4n) is 1.85. The van der Waals surface area contributed by atoms with Gasteiger partial charge in [-0.15, -0.1) is 0 Å². The van der Waals surface area contributed by atoms with E-state index in [2.05, 4.69) is 0 Å². The van der Waals surface area contributed by atoms with Gasteiger partial charge in [0.25, 0.3) is 9.05 Å². The molecular formula is C10H10ClNO5S2. The third-order valence-corrected chi connectivity index (χ3v) is 5.90. The van der Waals surface area contributed by atoms with Crippen LogP contribution in [0.25, 0.3) is 0 Å². The summed E-state index contributed by atoms with van der Waals surface area (Å²) in [6.45, 7) is 1.53. The molecule has 0 aromatic heterocycles. The Bertz CT molecular complexity index is 754. The Labute approximate surface area is 115 Å². The number of hydrogen-bond donors (Lipinski definition) is 0. The Hall–Kier alpha value is -1.12. The fraction of sp³-hybridized carbons (Fsp3) is 0.300. The molecule has 1 aromatic carbocycles. The summed E-state index contributed by atoms with van der Waals surface area (Å²) >= 11 is 0. The summed E-state index contributed by atoms with van der Waals surface area (Å²) in [7, 11) is -2.45. The number of carbonyl (C=O) groups excluding carboxylic acids is 1. The van der Waals surface area contributed by atoms with Gasteiger partial charge in [-0.05, 0) is 24.6 Å². The summed E-state index contributed by atoms with van der Waals surface area (Å²) in [5, 5.41) is 0. The third kappa shape index (κ3) is 2.60. The number of sulfonamides is 1. The maximum atomic E-state index is 11.7. The van der Waals surface area contributed by atoms with Crippen molar-refractivity contribution in [3.63, 3.8) is 0 Å². The molecular weight excluding hydrogens is 314 g/mol. The van der Waals surface area contributed by atoms with Crippen LogP contribution in [0.4, 0.5) is 5.69 Å². The summed E-state index contributed by atoms with van der Waals surface area (Å²) in [5.41, 5.74) is 0.370. The average molecular weight is 324 g/mol. The van der Waals surface area contributed by atoms with Gasteiger partial charge in [0.15, 0.2) is 0 Å². The molecule has 19 heavy (non-hydrogen) atoms. The van der Waals surface area contributed by atoms with Gasteiger partial charge in [0.2, 0.25) is 15.9 Å². The van der Waals surface area contributed by atoms with Gasteiger partial charge in [-0.3, -0.25) is 4.79 Å². The Morgan fingerprint density at radius 3 is 2.42 bits per heavy atom. The van der Waals surface area contributed by atoms with Crippen LogP contribution in [0.1, 0.15) is 12.0 Å². The molecule has 1 aromatic rings. The molecule has 1 heterocycles. The van der Waals surface area contributed by atoms with Crippen molar-refractivity contribution in [1.82, 2.24) is 0 Å². The summed E-state index contributed by atoms with van der Waals surface area (Å²) in [6.07, 6.45) is -0.112. The molecule has 0 unspecified atom stereocenters. The zero-order valence-electron chi connectivity index (χ0n) is 9.83. The molecule has 0 N–H and O–H groups in total. The Morgan fingerprint density at radius 2 is 1.95 bits per heavy atom. The van der Waals surface area contributed by atoms with Gasteiger partial charge in [0.1, 0.15) is 0 Å². The van der Waals surface area contributed by atoms with Crippen LogP contribution in [0, 0.1) is 6.92 Å². The van der Waals surface area contributed by atoms with Crippen LogP contribution < -0.4 is 4.31 Å². The highest BCUT2D eigenvalue weighted by Gasteiger charge is 2.36. The molecule has 6 nitrogen and oxygen atoms in total. The maximum Gasteiger partial charge on any atom is 0.261 e. The van der Waals surface area contributed by atoms with Crippen LogP contribution in [0.3, 0.4) is 0 Å². The zero-order chi connectivity index (χ0) is 14.4. The van der Waals surface area contributed by atoms with Crippen molar-refractivity contribution < 1.29 is 21.6 Å². The number of anilines is 1. The van der Waals surface area contributed by atoms with Crippen LogP contribution in [0.2, 0.25) is 0 Å². The quantitative estimate of drug-likeness (QED) is 0.757. The van der Waals surface area contributed by atoms with Crippen molar-refractivity contribution in [2.45, 2.75) is 18.2 Å². The highest BCUT2D eigenvalue weighted by Crippen LogP contribution is 2.30. The predicted molar refractivity (Wildman–Crippen MR) is 70.1 cm³/mol. The number of nitrogens with zero attached hydrogens (tertiary/aromatic N) is 1. The van der Waals surface area contributed by atoms with Crippen molar-refractivity contribution in [2.75, 3.05) is 10.1 Å². The molecule has 2 rings (SSSR count).